The number of guanidine groups is 1. The molecule has 1 aromatic carbocycles. The monoisotopic (exact) mass is 528 g/mol. The van der Waals surface area contributed by atoms with Gasteiger partial charge in [-0.1, -0.05) is 24.3 Å². The van der Waals surface area contributed by atoms with E-state index in [9.17, 15) is 0 Å². The average molecular weight is 528 g/mol. The number of morpholine rings is 1. The Labute approximate surface area is 198 Å². The lowest BCUT2D eigenvalue weighted by Gasteiger charge is -2.31. The van der Waals surface area contributed by atoms with Gasteiger partial charge in [-0.3, -0.25) is 4.90 Å². The van der Waals surface area contributed by atoms with Gasteiger partial charge in [-0.2, -0.15) is 0 Å². The summed E-state index contributed by atoms with van der Waals surface area (Å²) in [4.78, 5) is 9.89. The Kier molecular flexibility index (Phi) is 8.80. The zero-order chi connectivity index (χ0) is 20.1. The summed E-state index contributed by atoms with van der Waals surface area (Å²) >= 11 is 0. The third-order valence-electron chi connectivity index (χ3n) is 6.39. The van der Waals surface area contributed by atoms with Crippen LogP contribution in [-0.2, 0) is 22.6 Å². The molecule has 2 atom stereocenters. The standard InChI is InChI=1S/C23H36N4O2.HI/c1-3-24-22(27-9-7-23(17-27)8-11-28-18-23)25-14-20-5-4-6-21(13-20)16-26-10-12-29-19(2)15-26;/h4-6,13,19H,3,7-12,14-18H2,1-2H3,(H,24,25);1H. The van der Waals surface area contributed by atoms with Crippen LogP contribution in [0.1, 0.15) is 37.8 Å². The van der Waals surface area contributed by atoms with E-state index in [2.05, 4.69) is 53.2 Å². The third-order valence-corrected chi connectivity index (χ3v) is 6.39. The van der Waals surface area contributed by atoms with Crippen molar-refractivity contribution in [2.24, 2.45) is 10.4 Å². The lowest BCUT2D eigenvalue weighted by atomic mass is 9.87. The molecule has 3 saturated heterocycles. The number of likely N-dealkylation sites (tertiary alicyclic amines) is 1. The first-order valence-corrected chi connectivity index (χ1v) is 11.2. The maximum atomic E-state index is 5.68. The van der Waals surface area contributed by atoms with Gasteiger partial charge in [0, 0.05) is 51.3 Å². The van der Waals surface area contributed by atoms with Crippen molar-refractivity contribution in [2.75, 3.05) is 52.5 Å². The number of hydrogen-bond acceptors (Lipinski definition) is 4. The van der Waals surface area contributed by atoms with E-state index in [-0.39, 0.29) is 24.0 Å². The maximum Gasteiger partial charge on any atom is 0.194 e. The number of benzene rings is 1. The van der Waals surface area contributed by atoms with Crippen LogP contribution in [0.4, 0.5) is 0 Å². The summed E-state index contributed by atoms with van der Waals surface area (Å²) in [7, 11) is 0. The molecule has 0 amide bonds. The first-order chi connectivity index (χ1) is 14.2. The first kappa shape index (κ1) is 23.8. The highest BCUT2D eigenvalue weighted by molar-refractivity contribution is 14.0. The van der Waals surface area contributed by atoms with E-state index in [1.54, 1.807) is 0 Å². The van der Waals surface area contributed by atoms with Crippen molar-refractivity contribution in [1.29, 1.82) is 0 Å². The van der Waals surface area contributed by atoms with Crippen LogP contribution in [0.5, 0.6) is 0 Å². The fourth-order valence-electron chi connectivity index (χ4n) is 4.80. The highest BCUT2D eigenvalue weighted by Crippen LogP contribution is 2.38. The van der Waals surface area contributed by atoms with Crippen molar-refractivity contribution in [3.63, 3.8) is 0 Å². The van der Waals surface area contributed by atoms with Crippen LogP contribution in [0.15, 0.2) is 29.3 Å². The van der Waals surface area contributed by atoms with Gasteiger partial charge >= 0.3 is 0 Å². The van der Waals surface area contributed by atoms with E-state index < -0.39 is 0 Å². The number of rotatable bonds is 5. The minimum Gasteiger partial charge on any atom is -0.381 e. The van der Waals surface area contributed by atoms with Gasteiger partial charge < -0.3 is 19.7 Å². The summed E-state index contributed by atoms with van der Waals surface area (Å²) in [5.74, 6) is 1.05. The summed E-state index contributed by atoms with van der Waals surface area (Å²) in [6, 6.07) is 8.89. The molecule has 0 aromatic heterocycles. The second-order valence-electron chi connectivity index (χ2n) is 8.88. The summed E-state index contributed by atoms with van der Waals surface area (Å²) in [5.41, 5.74) is 2.99. The van der Waals surface area contributed by atoms with Crippen LogP contribution in [0, 0.1) is 5.41 Å². The van der Waals surface area contributed by atoms with Crippen molar-refractivity contribution >= 4 is 29.9 Å². The van der Waals surface area contributed by atoms with E-state index in [1.807, 2.05) is 0 Å². The highest BCUT2D eigenvalue weighted by atomic mass is 127. The molecular formula is C23H37IN4O2. The Morgan fingerprint density at radius 1 is 1.23 bits per heavy atom. The number of nitrogens with one attached hydrogen (secondary N) is 1. The Balaban J connectivity index is 0.00000256. The van der Waals surface area contributed by atoms with Gasteiger partial charge in [0.05, 0.1) is 25.9 Å². The average Bonchev–Trinajstić information content (AvgIpc) is 3.35. The molecule has 0 radical (unpaired) electrons. The second kappa shape index (κ2) is 11.1. The maximum absolute atomic E-state index is 5.68. The van der Waals surface area contributed by atoms with Crippen molar-refractivity contribution in [3.05, 3.63) is 35.4 Å². The van der Waals surface area contributed by atoms with E-state index in [4.69, 9.17) is 14.5 Å². The molecule has 0 aliphatic carbocycles. The molecule has 30 heavy (non-hydrogen) atoms. The topological polar surface area (TPSA) is 49.3 Å². The second-order valence-corrected chi connectivity index (χ2v) is 8.88. The molecule has 0 bridgehead atoms. The molecular weight excluding hydrogens is 491 g/mol. The molecule has 1 spiro atoms. The van der Waals surface area contributed by atoms with Crippen LogP contribution in [0.25, 0.3) is 0 Å². The molecule has 0 saturated carbocycles. The quantitative estimate of drug-likeness (QED) is 0.362. The van der Waals surface area contributed by atoms with E-state index in [0.717, 1.165) is 71.6 Å². The number of ether oxygens (including phenoxy) is 2. The lowest BCUT2D eigenvalue weighted by molar-refractivity contribution is -0.0212. The summed E-state index contributed by atoms with van der Waals surface area (Å²) in [6.07, 6.45) is 2.73. The number of hydrogen-bond donors (Lipinski definition) is 1. The van der Waals surface area contributed by atoms with Crippen molar-refractivity contribution in [3.8, 4) is 0 Å². The molecule has 168 valence electrons. The van der Waals surface area contributed by atoms with Gasteiger partial charge in [0.15, 0.2) is 5.96 Å². The predicted molar refractivity (Wildman–Crippen MR) is 131 cm³/mol. The molecule has 3 aliphatic rings. The van der Waals surface area contributed by atoms with E-state index in [1.165, 1.54) is 24.0 Å². The largest absolute Gasteiger partial charge is 0.381 e. The van der Waals surface area contributed by atoms with Gasteiger partial charge in [0.2, 0.25) is 0 Å². The minimum atomic E-state index is 0. The number of halogens is 1. The number of nitrogens with zero attached hydrogens (tertiary/aromatic N) is 3. The molecule has 6 nitrogen and oxygen atoms in total. The SMILES string of the molecule is CCNC(=NCc1cccc(CN2CCOC(C)C2)c1)N1CCC2(CCOC2)C1.I. The molecule has 1 aromatic rings. The Hall–Kier alpha value is -0.900. The fraction of sp³-hybridized carbons (Fsp3) is 0.696. The Bertz CT molecular complexity index is 708. The van der Waals surface area contributed by atoms with Crippen LogP contribution >= 0.6 is 24.0 Å². The van der Waals surface area contributed by atoms with E-state index in [0.29, 0.717) is 11.5 Å². The van der Waals surface area contributed by atoms with E-state index >= 15 is 0 Å². The normalized spacial score (nSPS) is 27.5. The minimum absolute atomic E-state index is 0. The van der Waals surface area contributed by atoms with Crippen molar-refractivity contribution in [1.82, 2.24) is 15.1 Å². The molecule has 7 heteroatoms. The predicted octanol–water partition coefficient (Wildman–Crippen LogP) is 3.10. The van der Waals surface area contributed by atoms with Crippen molar-refractivity contribution in [2.45, 2.75) is 45.9 Å². The molecule has 1 N–H and O–H groups in total. The molecule has 3 fully saturated rings. The van der Waals surface area contributed by atoms with Crippen LogP contribution in [0.3, 0.4) is 0 Å². The van der Waals surface area contributed by atoms with Crippen molar-refractivity contribution < 1.29 is 9.47 Å². The number of aliphatic imine (C=N–C) groups is 1. The Morgan fingerprint density at radius 2 is 2.10 bits per heavy atom. The highest BCUT2D eigenvalue weighted by Gasteiger charge is 2.42. The van der Waals surface area contributed by atoms with Gasteiger partial charge in [0.25, 0.3) is 0 Å². The van der Waals surface area contributed by atoms with Gasteiger partial charge in [0.1, 0.15) is 0 Å². The zero-order valence-electron chi connectivity index (χ0n) is 18.4. The molecule has 4 rings (SSSR count). The lowest BCUT2D eigenvalue weighted by Crippen LogP contribution is -2.41. The smallest absolute Gasteiger partial charge is 0.194 e. The molecule has 3 heterocycles. The molecule has 3 aliphatic heterocycles. The summed E-state index contributed by atoms with van der Waals surface area (Å²) in [6.45, 7) is 13.7. The molecule has 2 unspecified atom stereocenters. The fourth-order valence-corrected chi connectivity index (χ4v) is 4.80. The summed E-state index contributed by atoms with van der Waals surface area (Å²) in [5, 5.41) is 3.50. The van der Waals surface area contributed by atoms with Gasteiger partial charge in [-0.15, -0.1) is 24.0 Å². The summed E-state index contributed by atoms with van der Waals surface area (Å²) < 4.78 is 11.3. The zero-order valence-corrected chi connectivity index (χ0v) is 20.8. The van der Waals surface area contributed by atoms with Gasteiger partial charge in [-0.25, -0.2) is 4.99 Å². The first-order valence-electron chi connectivity index (χ1n) is 11.2. The third kappa shape index (κ3) is 6.08. The van der Waals surface area contributed by atoms with Crippen LogP contribution in [-0.4, -0.2) is 74.4 Å². The Morgan fingerprint density at radius 3 is 2.87 bits per heavy atom. The van der Waals surface area contributed by atoms with Crippen LogP contribution < -0.4 is 5.32 Å². The van der Waals surface area contributed by atoms with Crippen LogP contribution in [0.2, 0.25) is 0 Å². The van der Waals surface area contributed by atoms with Gasteiger partial charge in [-0.05, 0) is 37.8 Å².